The van der Waals surface area contributed by atoms with Crippen molar-refractivity contribution in [3.63, 3.8) is 0 Å². The highest BCUT2D eigenvalue weighted by atomic mass is 16.5. The van der Waals surface area contributed by atoms with Crippen molar-refractivity contribution in [2.75, 3.05) is 39.5 Å². The maximum atomic E-state index is 5.91. The zero-order chi connectivity index (χ0) is 15.0. The number of benzene rings is 1. The third-order valence-electron chi connectivity index (χ3n) is 4.63. The van der Waals surface area contributed by atoms with E-state index in [2.05, 4.69) is 34.5 Å². The predicted molar refractivity (Wildman–Crippen MR) is 88.3 cm³/mol. The van der Waals surface area contributed by atoms with Crippen LogP contribution in [0.4, 0.5) is 0 Å². The molecule has 1 N–H and O–H groups in total. The average molecular weight is 304 g/mol. The van der Waals surface area contributed by atoms with Crippen LogP contribution >= 0.6 is 0 Å². The summed E-state index contributed by atoms with van der Waals surface area (Å²) in [7, 11) is 0. The lowest BCUT2D eigenvalue weighted by atomic mass is 10.2. The van der Waals surface area contributed by atoms with Crippen molar-refractivity contribution in [3.05, 3.63) is 29.8 Å². The van der Waals surface area contributed by atoms with Crippen LogP contribution in [0.2, 0.25) is 0 Å². The van der Waals surface area contributed by atoms with E-state index >= 15 is 0 Å². The SMILES string of the molecule is c1cc(CNC2CCCC2)cc(OCCN2CCOCC2)c1. The first-order chi connectivity index (χ1) is 10.9. The third kappa shape index (κ3) is 4.97. The van der Waals surface area contributed by atoms with Crippen molar-refractivity contribution in [1.82, 2.24) is 10.2 Å². The number of nitrogens with one attached hydrogen (secondary N) is 1. The Morgan fingerprint density at radius 2 is 2.00 bits per heavy atom. The van der Waals surface area contributed by atoms with E-state index in [0.29, 0.717) is 6.04 Å². The highest BCUT2D eigenvalue weighted by molar-refractivity contribution is 5.28. The van der Waals surface area contributed by atoms with Gasteiger partial charge in [0.15, 0.2) is 0 Å². The summed E-state index contributed by atoms with van der Waals surface area (Å²) in [5.41, 5.74) is 1.32. The highest BCUT2D eigenvalue weighted by Crippen LogP contribution is 2.19. The molecule has 0 unspecified atom stereocenters. The van der Waals surface area contributed by atoms with E-state index in [1.807, 2.05) is 0 Å². The first-order valence-corrected chi connectivity index (χ1v) is 8.65. The fraction of sp³-hybridized carbons (Fsp3) is 0.667. The summed E-state index contributed by atoms with van der Waals surface area (Å²) in [4.78, 5) is 2.40. The summed E-state index contributed by atoms with van der Waals surface area (Å²) in [5.74, 6) is 0.985. The molecular weight excluding hydrogens is 276 g/mol. The van der Waals surface area contributed by atoms with E-state index < -0.39 is 0 Å². The second-order valence-electron chi connectivity index (χ2n) is 6.31. The fourth-order valence-electron chi connectivity index (χ4n) is 3.25. The van der Waals surface area contributed by atoms with Crippen LogP contribution in [-0.4, -0.2) is 50.4 Å². The Kier molecular flexibility index (Phi) is 6.11. The Bertz CT molecular complexity index is 440. The molecule has 1 aromatic carbocycles. The van der Waals surface area contributed by atoms with Gasteiger partial charge in [-0.1, -0.05) is 25.0 Å². The van der Waals surface area contributed by atoms with Gasteiger partial charge in [0, 0.05) is 32.2 Å². The summed E-state index contributed by atoms with van der Waals surface area (Å²) in [5, 5.41) is 3.66. The molecule has 0 amide bonds. The molecule has 3 rings (SSSR count). The van der Waals surface area contributed by atoms with Crippen LogP contribution in [0.3, 0.4) is 0 Å². The van der Waals surface area contributed by atoms with Crippen LogP contribution in [0.15, 0.2) is 24.3 Å². The van der Waals surface area contributed by atoms with E-state index in [-0.39, 0.29) is 0 Å². The molecule has 0 radical (unpaired) electrons. The smallest absolute Gasteiger partial charge is 0.119 e. The largest absolute Gasteiger partial charge is 0.492 e. The quantitative estimate of drug-likeness (QED) is 0.839. The van der Waals surface area contributed by atoms with Gasteiger partial charge >= 0.3 is 0 Å². The third-order valence-corrected chi connectivity index (χ3v) is 4.63. The predicted octanol–water partition coefficient (Wildman–Crippen LogP) is 2.43. The highest BCUT2D eigenvalue weighted by Gasteiger charge is 2.14. The lowest BCUT2D eigenvalue weighted by molar-refractivity contribution is 0.0322. The van der Waals surface area contributed by atoms with E-state index in [1.165, 1.54) is 31.2 Å². The van der Waals surface area contributed by atoms with Gasteiger partial charge in [-0.3, -0.25) is 4.90 Å². The van der Waals surface area contributed by atoms with E-state index in [9.17, 15) is 0 Å². The normalized spacial score (nSPS) is 20.4. The van der Waals surface area contributed by atoms with Gasteiger partial charge in [-0.25, -0.2) is 0 Å². The fourth-order valence-corrected chi connectivity index (χ4v) is 3.25. The lowest BCUT2D eigenvalue weighted by Gasteiger charge is -2.26. The minimum Gasteiger partial charge on any atom is -0.492 e. The molecule has 1 saturated heterocycles. The van der Waals surface area contributed by atoms with Crippen molar-refractivity contribution < 1.29 is 9.47 Å². The first-order valence-electron chi connectivity index (χ1n) is 8.65. The maximum Gasteiger partial charge on any atom is 0.119 e. The van der Waals surface area contributed by atoms with E-state index in [1.54, 1.807) is 0 Å². The Labute approximate surface area is 133 Å². The Balaban J connectivity index is 1.40. The van der Waals surface area contributed by atoms with Gasteiger partial charge in [0.2, 0.25) is 0 Å². The monoisotopic (exact) mass is 304 g/mol. The molecule has 22 heavy (non-hydrogen) atoms. The van der Waals surface area contributed by atoms with Gasteiger partial charge in [0.1, 0.15) is 12.4 Å². The Morgan fingerprint density at radius 1 is 1.18 bits per heavy atom. The minimum absolute atomic E-state index is 0.714. The molecule has 122 valence electrons. The molecule has 1 aliphatic heterocycles. The van der Waals surface area contributed by atoms with Crippen molar-refractivity contribution in [3.8, 4) is 5.75 Å². The molecule has 1 aromatic rings. The topological polar surface area (TPSA) is 33.7 Å². The maximum absolute atomic E-state index is 5.91. The molecular formula is C18H28N2O2. The van der Waals surface area contributed by atoms with Crippen LogP contribution in [-0.2, 0) is 11.3 Å². The lowest BCUT2D eigenvalue weighted by Crippen LogP contribution is -2.38. The molecule has 2 fully saturated rings. The van der Waals surface area contributed by atoms with Crippen molar-refractivity contribution in [2.45, 2.75) is 38.3 Å². The molecule has 0 bridgehead atoms. The molecule has 1 saturated carbocycles. The Hall–Kier alpha value is -1.10. The molecule has 2 aliphatic rings. The summed E-state index contributed by atoms with van der Waals surface area (Å²) < 4.78 is 11.3. The zero-order valence-electron chi connectivity index (χ0n) is 13.4. The minimum atomic E-state index is 0.714. The number of morpholine rings is 1. The zero-order valence-corrected chi connectivity index (χ0v) is 13.4. The number of nitrogens with zero attached hydrogens (tertiary/aromatic N) is 1. The van der Waals surface area contributed by atoms with Crippen LogP contribution in [0.5, 0.6) is 5.75 Å². The van der Waals surface area contributed by atoms with Crippen LogP contribution in [0, 0.1) is 0 Å². The molecule has 4 heteroatoms. The van der Waals surface area contributed by atoms with Crippen LogP contribution in [0.25, 0.3) is 0 Å². The number of ether oxygens (including phenoxy) is 2. The van der Waals surface area contributed by atoms with Crippen molar-refractivity contribution in [1.29, 1.82) is 0 Å². The van der Waals surface area contributed by atoms with Crippen molar-refractivity contribution >= 4 is 0 Å². The molecule has 0 atom stereocenters. The van der Waals surface area contributed by atoms with Gasteiger partial charge < -0.3 is 14.8 Å². The molecule has 0 aromatic heterocycles. The van der Waals surface area contributed by atoms with Gasteiger partial charge in [-0.05, 0) is 30.5 Å². The van der Waals surface area contributed by atoms with Crippen LogP contribution in [0.1, 0.15) is 31.2 Å². The summed E-state index contributed by atoms with van der Waals surface area (Å²) >= 11 is 0. The second-order valence-corrected chi connectivity index (χ2v) is 6.31. The van der Waals surface area contributed by atoms with Crippen LogP contribution < -0.4 is 10.1 Å². The summed E-state index contributed by atoms with van der Waals surface area (Å²) in [6.07, 6.45) is 5.41. The standard InChI is InChI=1S/C18H28N2O2/c1-2-6-17(5-1)19-15-16-4-3-7-18(14-16)22-13-10-20-8-11-21-12-9-20/h3-4,7,14,17,19H,1-2,5-6,8-13,15H2. The summed E-state index contributed by atoms with van der Waals surface area (Å²) in [6.45, 7) is 6.42. The number of rotatable bonds is 7. The van der Waals surface area contributed by atoms with E-state index in [0.717, 1.165) is 51.7 Å². The molecule has 4 nitrogen and oxygen atoms in total. The number of hydrogen-bond donors (Lipinski definition) is 1. The number of hydrogen-bond acceptors (Lipinski definition) is 4. The van der Waals surface area contributed by atoms with Gasteiger partial charge in [0.05, 0.1) is 13.2 Å². The molecule has 1 heterocycles. The van der Waals surface area contributed by atoms with E-state index in [4.69, 9.17) is 9.47 Å². The van der Waals surface area contributed by atoms with Crippen molar-refractivity contribution in [2.24, 2.45) is 0 Å². The van der Waals surface area contributed by atoms with Gasteiger partial charge in [-0.15, -0.1) is 0 Å². The molecule has 0 spiro atoms. The Morgan fingerprint density at radius 3 is 2.82 bits per heavy atom. The summed E-state index contributed by atoms with van der Waals surface area (Å²) in [6, 6.07) is 9.21. The first kappa shape index (κ1) is 15.8. The van der Waals surface area contributed by atoms with Gasteiger partial charge in [-0.2, -0.15) is 0 Å². The van der Waals surface area contributed by atoms with Gasteiger partial charge in [0.25, 0.3) is 0 Å². The molecule has 1 aliphatic carbocycles. The second kappa shape index (κ2) is 8.51. The average Bonchev–Trinajstić information content (AvgIpc) is 3.08.